The summed E-state index contributed by atoms with van der Waals surface area (Å²) >= 11 is 1.33. The van der Waals surface area contributed by atoms with Crippen molar-refractivity contribution in [2.75, 3.05) is 10.6 Å². The Labute approximate surface area is 162 Å². The molecule has 3 aromatic heterocycles. The molecule has 0 unspecified atom stereocenters. The number of amides is 2. The van der Waals surface area contributed by atoms with E-state index in [9.17, 15) is 9.59 Å². The van der Waals surface area contributed by atoms with Crippen molar-refractivity contribution in [2.24, 2.45) is 0 Å². The van der Waals surface area contributed by atoms with Gasteiger partial charge in [0.05, 0.1) is 16.5 Å². The minimum absolute atomic E-state index is 0.145. The predicted molar refractivity (Wildman–Crippen MR) is 103 cm³/mol. The van der Waals surface area contributed by atoms with E-state index in [1.54, 1.807) is 24.3 Å². The molecular weight excluding hydrogens is 382 g/mol. The highest BCUT2D eigenvalue weighted by molar-refractivity contribution is 7.22. The van der Waals surface area contributed by atoms with Crippen LogP contribution in [0.1, 0.15) is 19.2 Å². The first-order valence-electron chi connectivity index (χ1n) is 8.41. The van der Waals surface area contributed by atoms with E-state index < -0.39 is 0 Å². The van der Waals surface area contributed by atoms with Gasteiger partial charge in [-0.3, -0.25) is 9.59 Å². The fourth-order valence-electron chi connectivity index (χ4n) is 2.52. The minimum Gasteiger partial charge on any atom is -0.461 e. The summed E-state index contributed by atoms with van der Waals surface area (Å²) in [6.07, 6.45) is 2.00. The van der Waals surface area contributed by atoms with Crippen LogP contribution in [-0.2, 0) is 16.0 Å². The van der Waals surface area contributed by atoms with Crippen molar-refractivity contribution in [2.45, 2.75) is 19.8 Å². The molecule has 0 aliphatic heterocycles. The molecule has 28 heavy (non-hydrogen) atoms. The number of nitrogens with zero attached hydrogens (tertiary/aromatic N) is 3. The molecule has 0 atom stereocenters. The molecule has 0 fully saturated rings. The molecule has 2 amide bonds. The first-order valence-corrected chi connectivity index (χ1v) is 9.23. The van der Waals surface area contributed by atoms with E-state index in [2.05, 4.69) is 25.8 Å². The fraction of sp³-hybridized carbons (Fsp3) is 0.167. The molecule has 0 saturated heterocycles. The van der Waals surface area contributed by atoms with E-state index in [4.69, 9.17) is 8.94 Å². The maximum Gasteiger partial charge on any atom is 0.238 e. The van der Waals surface area contributed by atoms with Gasteiger partial charge in [-0.05, 0) is 30.3 Å². The van der Waals surface area contributed by atoms with Gasteiger partial charge in [-0.15, -0.1) is 0 Å². The summed E-state index contributed by atoms with van der Waals surface area (Å²) in [5.74, 6) is 0.854. The standard InChI is InChI=1S/C18H15N5O4S/c1-10(24)19-11-4-5-12-14(9-11)28-18(20-12)21-15(25)6-7-16-22-17(23-27-16)13-3-2-8-26-13/h2-5,8-9H,6-7H2,1H3,(H,19,24)(H,20,21,25). The van der Waals surface area contributed by atoms with Crippen molar-refractivity contribution in [1.29, 1.82) is 0 Å². The summed E-state index contributed by atoms with van der Waals surface area (Å²) in [5, 5.41) is 9.80. The zero-order valence-corrected chi connectivity index (χ0v) is 15.6. The van der Waals surface area contributed by atoms with E-state index in [1.807, 2.05) is 6.07 Å². The van der Waals surface area contributed by atoms with Gasteiger partial charge in [0, 0.05) is 25.5 Å². The molecule has 0 saturated carbocycles. The molecule has 0 aliphatic carbocycles. The van der Waals surface area contributed by atoms with E-state index in [1.165, 1.54) is 24.5 Å². The van der Waals surface area contributed by atoms with Crippen molar-refractivity contribution in [3.8, 4) is 11.6 Å². The molecule has 0 bridgehead atoms. The Morgan fingerprint density at radius 3 is 2.86 bits per heavy atom. The summed E-state index contributed by atoms with van der Waals surface area (Å²) in [6.45, 7) is 1.45. The van der Waals surface area contributed by atoms with Crippen molar-refractivity contribution in [3.63, 3.8) is 0 Å². The summed E-state index contributed by atoms with van der Waals surface area (Å²) in [7, 11) is 0. The lowest BCUT2D eigenvalue weighted by Crippen LogP contribution is -2.12. The van der Waals surface area contributed by atoms with Crippen LogP contribution < -0.4 is 10.6 Å². The van der Waals surface area contributed by atoms with Crippen LogP contribution in [0.4, 0.5) is 10.8 Å². The number of carbonyl (C=O) groups is 2. The van der Waals surface area contributed by atoms with Gasteiger partial charge in [0.2, 0.25) is 23.5 Å². The second-order valence-corrected chi connectivity index (χ2v) is 6.95. The second kappa shape index (κ2) is 7.61. The lowest BCUT2D eigenvalue weighted by atomic mass is 10.3. The number of thiazole rings is 1. The lowest BCUT2D eigenvalue weighted by Gasteiger charge is -1.99. The molecule has 2 N–H and O–H groups in total. The highest BCUT2D eigenvalue weighted by atomic mass is 32.1. The van der Waals surface area contributed by atoms with Gasteiger partial charge in [-0.25, -0.2) is 4.98 Å². The SMILES string of the molecule is CC(=O)Nc1ccc2nc(NC(=O)CCc3nc(-c4ccco4)no3)sc2c1. The van der Waals surface area contributed by atoms with E-state index in [-0.39, 0.29) is 18.2 Å². The zero-order valence-electron chi connectivity index (χ0n) is 14.8. The van der Waals surface area contributed by atoms with Gasteiger partial charge in [0.15, 0.2) is 10.9 Å². The molecule has 9 nitrogen and oxygen atoms in total. The van der Waals surface area contributed by atoms with Crippen LogP contribution in [-0.4, -0.2) is 26.9 Å². The van der Waals surface area contributed by atoms with Crippen LogP contribution in [0.15, 0.2) is 45.5 Å². The van der Waals surface area contributed by atoms with E-state index in [0.717, 1.165) is 10.2 Å². The number of aromatic nitrogens is 3. The Bertz CT molecular complexity index is 1130. The summed E-state index contributed by atoms with van der Waals surface area (Å²) in [4.78, 5) is 31.9. The Morgan fingerprint density at radius 2 is 2.07 bits per heavy atom. The average molecular weight is 397 g/mol. The summed E-state index contributed by atoms with van der Waals surface area (Å²) in [5.41, 5.74) is 1.43. The highest BCUT2D eigenvalue weighted by Crippen LogP contribution is 2.28. The number of nitrogens with one attached hydrogen (secondary N) is 2. The monoisotopic (exact) mass is 397 g/mol. The number of furan rings is 1. The first-order chi connectivity index (χ1) is 13.6. The van der Waals surface area contributed by atoms with Crippen molar-refractivity contribution >= 4 is 44.2 Å². The maximum absolute atomic E-state index is 12.2. The van der Waals surface area contributed by atoms with Crippen LogP contribution >= 0.6 is 11.3 Å². The number of hydrogen-bond donors (Lipinski definition) is 2. The Morgan fingerprint density at radius 1 is 1.18 bits per heavy atom. The summed E-state index contributed by atoms with van der Waals surface area (Å²) < 4.78 is 11.2. The van der Waals surface area contributed by atoms with Crippen LogP contribution in [0.3, 0.4) is 0 Å². The number of rotatable bonds is 6. The first kappa shape index (κ1) is 17.9. The molecule has 3 heterocycles. The Balaban J connectivity index is 1.36. The number of hydrogen-bond acceptors (Lipinski definition) is 8. The maximum atomic E-state index is 12.2. The van der Waals surface area contributed by atoms with Crippen LogP contribution in [0, 0.1) is 0 Å². The van der Waals surface area contributed by atoms with Gasteiger partial charge in [-0.2, -0.15) is 4.98 Å². The van der Waals surface area contributed by atoms with Crippen molar-refractivity contribution in [3.05, 3.63) is 42.5 Å². The van der Waals surface area contributed by atoms with Crippen LogP contribution in [0.25, 0.3) is 21.8 Å². The zero-order chi connectivity index (χ0) is 19.5. The second-order valence-electron chi connectivity index (χ2n) is 5.92. The predicted octanol–water partition coefficient (Wildman–Crippen LogP) is 3.47. The molecule has 142 valence electrons. The molecule has 0 spiro atoms. The minimum atomic E-state index is -0.209. The Hall–Kier alpha value is -3.53. The number of anilines is 2. The summed E-state index contributed by atoms with van der Waals surface area (Å²) in [6, 6.07) is 8.84. The molecule has 0 aliphatic rings. The highest BCUT2D eigenvalue weighted by Gasteiger charge is 2.13. The third-order valence-corrected chi connectivity index (χ3v) is 4.66. The number of carbonyl (C=O) groups excluding carboxylic acids is 2. The van der Waals surface area contributed by atoms with Gasteiger partial charge < -0.3 is 19.6 Å². The number of fused-ring (bicyclic) bond motifs is 1. The topological polar surface area (TPSA) is 123 Å². The molecular formula is C18H15N5O4S. The van der Waals surface area contributed by atoms with Crippen molar-refractivity contribution < 1.29 is 18.5 Å². The smallest absolute Gasteiger partial charge is 0.238 e. The molecule has 4 aromatic rings. The molecule has 4 rings (SSSR count). The number of benzene rings is 1. The normalized spacial score (nSPS) is 10.9. The lowest BCUT2D eigenvalue weighted by molar-refractivity contribution is -0.116. The van der Waals surface area contributed by atoms with Gasteiger partial charge in [0.1, 0.15) is 0 Å². The molecule has 0 radical (unpaired) electrons. The van der Waals surface area contributed by atoms with Gasteiger partial charge >= 0.3 is 0 Å². The molecule has 10 heteroatoms. The van der Waals surface area contributed by atoms with E-state index >= 15 is 0 Å². The van der Waals surface area contributed by atoms with E-state index in [0.29, 0.717) is 34.7 Å². The van der Waals surface area contributed by atoms with Gasteiger partial charge in [-0.1, -0.05) is 16.5 Å². The third-order valence-electron chi connectivity index (χ3n) is 3.73. The average Bonchev–Trinajstić information content (AvgIpc) is 3.39. The third kappa shape index (κ3) is 4.07. The fourth-order valence-corrected chi connectivity index (χ4v) is 3.44. The van der Waals surface area contributed by atoms with Crippen LogP contribution in [0.2, 0.25) is 0 Å². The van der Waals surface area contributed by atoms with Crippen LogP contribution in [0.5, 0.6) is 0 Å². The number of aryl methyl sites for hydroxylation is 1. The molecule has 1 aromatic carbocycles. The Kier molecular flexibility index (Phi) is 4.85. The van der Waals surface area contributed by atoms with Gasteiger partial charge in [0.25, 0.3) is 0 Å². The quantitative estimate of drug-likeness (QED) is 0.510. The van der Waals surface area contributed by atoms with Crippen molar-refractivity contribution in [1.82, 2.24) is 15.1 Å². The largest absolute Gasteiger partial charge is 0.461 e.